The molecule has 0 saturated carbocycles. The topological polar surface area (TPSA) is 50.4 Å². The van der Waals surface area contributed by atoms with E-state index >= 15 is 0 Å². The minimum atomic E-state index is -0.529. The summed E-state index contributed by atoms with van der Waals surface area (Å²) in [4.78, 5) is 12.6. The van der Waals surface area contributed by atoms with Crippen molar-refractivity contribution in [2.75, 3.05) is 32.1 Å². The third kappa shape index (κ3) is 3.93. The molecule has 0 radical (unpaired) electrons. The molecule has 118 valence electrons. The summed E-state index contributed by atoms with van der Waals surface area (Å²) in [6.07, 6.45) is 1.45. The number of carbonyl (C=O) groups is 1. The molecule has 0 aromatic heterocycles. The molecule has 0 spiro atoms. The Labute approximate surface area is 130 Å². The minimum absolute atomic E-state index is 0. The molecule has 2 rings (SSSR count). The molecule has 2 N–H and O–H groups in total. The minimum Gasteiger partial charge on any atom is -0.384 e. The molecule has 4 nitrogen and oxygen atoms in total. The predicted molar refractivity (Wildman–Crippen MR) is 83.4 cm³/mol. The Morgan fingerprint density at radius 3 is 2.71 bits per heavy atom. The van der Waals surface area contributed by atoms with E-state index in [1.807, 2.05) is 0 Å². The van der Waals surface area contributed by atoms with Gasteiger partial charge in [0, 0.05) is 18.4 Å². The standard InChI is InChI=1S/C15H21FN2O2.ClH/c1-11-12(16)4-3-5-13(11)18-14(19)15(10-20-2)6-8-17-9-7-15;/h3-5,17H,6-10H2,1-2H3,(H,18,19);1H. The molecule has 0 aliphatic carbocycles. The Bertz CT molecular complexity index is 485. The van der Waals surface area contributed by atoms with Crippen LogP contribution in [-0.4, -0.2) is 32.7 Å². The Balaban J connectivity index is 0.00000220. The first-order valence-corrected chi connectivity index (χ1v) is 6.85. The summed E-state index contributed by atoms with van der Waals surface area (Å²) in [5.74, 6) is -0.400. The molecular formula is C15H22ClFN2O2. The summed E-state index contributed by atoms with van der Waals surface area (Å²) < 4.78 is 18.8. The molecule has 1 heterocycles. The van der Waals surface area contributed by atoms with Crippen molar-refractivity contribution in [3.05, 3.63) is 29.6 Å². The molecule has 0 atom stereocenters. The number of anilines is 1. The molecular weight excluding hydrogens is 295 g/mol. The molecule has 1 aliphatic rings. The summed E-state index contributed by atoms with van der Waals surface area (Å²) in [5.41, 5.74) is 0.463. The van der Waals surface area contributed by atoms with E-state index in [-0.39, 0.29) is 24.1 Å². The van der Waals surface area contributed by atoms with Crippen LogP contribution in [0.25, 0.3) is 0 Å². The fourth-order valence-electron chi connectivity index (χ4n) is 2.62. The van der Waals surface area contributed by atoms with Gasteiger partial charge in [-0.3, -0.25) is 4.79 Å². The van der Waals surface area contributed by atoms with Gasteiger partial charge in [-0.25, -0.2) is 4.39 Å². The fourth-order valence-corrected chi connectivity index (χ4v) is 2.62. The summed E-state index contributed by atoms with van der Waals surface area (Å²) in [5, 5.41) is 6.10. The lowest BCUT2D eigenvalue weighted by Crippen LogP contribution is -2.47. The number of amides is 1. The van der Waals surface area contributed by atoms with Crippen LogP contribution in [0, 0.1) is 18.2 Å². The van der Waals surface area contributed by atoms with E-state index in [9.17, 15) is 9.18 Å². The number of benzene rings is 1. The molecule has 1 saturated heterocycles. The molecule has 0 bridgehead atoms. The van der Waals surface area contributed by atoms with Gasteiger partial charge in [-0.15, -0.1) is 12.4 Å². The Morgan fingerprint density at radius 1 is 1.43 bits per heavy atom. The second kappa shape index (κ2) is 7.73. The molecule has 21 heavy (non-hydrogen) atoms. The van der Waals surface area contributed by atoms with E-state index < -0.39 is 5.41 Å². The lowest BCUT2D eigenvalue weighted by Gasteiger charge is -2.35. The molecule has 1 fully saturated rings. The zero-order valence-corrected chi connectivity index (χ0v) is 13.2. The van der Waals surface area contributed by atoms with Gasteiger partial charge in [-0.1, -0.05) is 6.07 Å². The first kappa shape index (κ1) is 17.9. The van der Waals surface area contributed by atoms with E-state index in [2.05, 4.69) is 10.6 Å². The number of halogens is 2. The summed E-state index contributed by atoms with van der Waals surface area (Å²) in [6.45, 7) is 3.63. The number of rotatable bonds is 4. The monoisotopic (exact) mass is 316 g/mol. The molecule has 1 amide bonds. The number of hydrogen-bond acceptors (Lipinski definition) is 3. The smallest absolute Gasteiger partial charge is 0.233 e. The first-order chi connectivity index (χ1) is 9.59. The van der Waals surface area contributed by atoms with Crippen molar-refractivity contribution in [3.8, 4) is 0 Å². The van der Waals surface area contributed by atoms with E-state index in [0.717, 1.165) is 25.9 Å². The van der Waals surface area contributed by atoms with Crippen LogP contribution in [0.4, 0.5) is 10.1 Å². The van der Waals surface area contributed by atoms with Crippen molar-refractivity contribution in [1.82, 2.24) is 5.32 Å². The summed E-state index contributed by atoms with van der Waals surface area (Å²) in [6, 6.07) is 4.71. The Hall–Kier alpha value is -1.17. The molecule has 1 aliphatic heterocycles. The third-order valence-corrected chi connectivity index (χ3v) is 3.98. The normalized spacial score (nSPS) is 16.9. The van der Waals surface area contributed by atoms with Gasteiger partial charge in [0.05, 0.1) is 12.0 Å². The van der Waals surface area contributed by atoms with Gasteiger partial charge in [0.15, 0.2) is 0 Å². The quantitative estimate of drug-likeness (QED) is 0.897. The van der Waals surface area contributed by atoms with Crippen molar-refractivity contribution in [3.63, 3.8) is 0 Å². The highest BCUT2D eigenvalue weighted by Gasteiger charge is 2.39. The van der Waals surface area contributed by atoms with Gasteiger partial charge in [0.2, 0.25) is 5.91 Å². The van der Waals surface area contributed by atoms with Crippen LogP contribution in [0.3, 0.4) is 0 Å². The van der Waals surface area contributed by atoms with Crippen LogP contribution in [0.15, 0.2) is 18.2 Å². The Morgan fingerprint density at radius 2 is 2.10 bits per heavy atom. The highest BCUT2D eigenvalue weighted by Crippen LogP contribution is 2.31. The van der Waals surface area contributed by atoms with Gasteiger partial charge < -0.3 is 15.4 Å². The number of carbonyl (C=O) groups excluding carboxylic acids is 1. The maximum absolute atomic E-state index is 13.5. The molecule has 6 heteroatoms. The van der Waals surface area contributed by atoms with Crippen molar-refractivity contribution >= 4 is 24.0 Å². The average Bonchev–Trinajstić information content (AvgIpc) is 2.45. The van der Waals surface area contributed by atoms with Crippen LogP contribution in [-0.2, 0) is 9.53 Å². The van der Waals surface area contributed by atoms with Gasteiger partial charge in [0.25, 0.3) is 0 Å². The van der Waals surface area contributed by atoms with Crippen LogP contribution < -0.4 is 10.6 Å². The van der Waals surface area contributed by atoms with E-state index in [1.54, 1.807) is 26.2 Å². The van der Waals surface area contributed by atoms with Gasteiger partial charge in [-0.05, 0) is 45.0 Å². The van der Waals surface area contributed by atoms with Crippen LogP contribution >= 0.6 is 12.4 Å². The zero-order valence-electron chi connectivity index (χ0n) is 12.4. The molecule has 1 aromatic rings. The predicted octanol–water partition coefficient (Wildman–Crippen LogP) is 2.51. The average molecular weight is 317 g/mol. The summed E-state index contributed by atoms with van der Waals surface area (Å²) in [7, 11) is 1.60. The van der Waals surface area contributed by atoms with Gasteiger partial charge in [-0.2, -0.15) is 0 Å². The van der Waals surface area contributed by atoms with Gasteiger partial charge in [0.1, 0.15) is 5.82 Å². The SMILES string of the molecule is COCC1(C(=O)Nc2cccc(F)c2C)CCNCC1.Cl. The molecule has 0 unspecified atom stereocenters. The van der Waals surface area contributed by atoms with Crippen molar-refractivity contribution in [2.45, 2.75) is 19.8 Å². The lowest BCUT2D eigenvalue weighted by molar-refractivity contribution is -0.130. The number of piperidine rings is 1. The number of methoxy groups -OCH3 is 1. The largest absolute Gasteiger partial charge is 0.384 e. The second-order valence-corrected chi connectivity index (χ2v) is 5.33. The number of nitrogens with one attached hydrogen (secondary N) is 2. The second-order valence-electron chi connectivity index (χ2n) is 5.33. The first-order valence-electron chi connectivity index (χ1n) is 6.85. The van der Waals surface area contributed by atoms with Crippen LogP contribution in [0.5, 0.6) is 0 Å². The van der Waals surface area contributed by atoms with Crippen molar-refractivity contribution < 1.29 is 13.9 Å². The maximum atomic E-state index is 13.5. The van der Waals surface area contributed by atoms with E-state index in [1.165, 1.54) is 6.07 Å². The maximum Gasteiger partial charge on any atom is 0.233 e. The van der Waals surface area contributed by atoms with Crippen molar-refractivity contribution in [1.29, 1.82) is 0 Å². The summed E-state index contributed by atoms with van der Waals surface area (Å²) >= 11 is 0. The number of ether oxygens (including phenoxy) is 1. The van der Waals surface area contributed by atoms with Crippen molar-refractivity contribution in [2.24, 2.45) is 5.41 Å². The van der Waals surface area contributed by atoms with E-state index in [4.69, 9.17) is 4.74 Å². The zero-order chi connectivity index (χ0) is 14.6. The number of hydrogen-bond donors (Lipinski definition) is 2. The van der Waals surface area contributed by atoms with Crippen LogP contribution in [0.1, 0.15) is 18.4 Å². The van der Waals surface area contributed by atoms with E-state index in [0.29, 0.717) is 17.9 Å². The third-order valence-electron chi connectivity index (χ3n) is 3.98. The van der Waals surface area contributed by atoms with Gasteiger partial charge >= 0.3 is 0 Å². The highest BCUT2D eigenvalue weighted by atomic mass is 35.5. The Kier molecular flexibility index (Phi) is 6.58. The molecule has 1 aromatic carbocycles. The van der Waals surface area contributed by atoms with Crippen LogP contribution in [0.2, 0.25) is 0 Å². The fraction of sp³-hybridized carbons (Fsp3) is 0.533. The highest BCUT2D eigenvalue weighted by molar-refractivity contribution is 5.96. The lowest BCUT2D eigenvalue weighted by atomic mass is 9.78.